The summed E-state index contributed by atoms with van der Waals surface area (Å²) in [5.41, 5.74) is 14.4. The Morgan fingerprint density at radius 2 is 1.37 bits per heavy atom. The van der Waals surface area contributed by atoms with Crippen molar-refractivity contribution < 1.29 is 4.42 Å². The molecule has 0 spiro atoms. The SMILES string of the molecule is c1ccc2c(c#1)c1cc(-c3ccc4oc5ccc(-c6cccc(-n7c8c(c9ccccc97)C=CCC8)c6)cc5c4c3)ncc1n2-c1ccccc1. The molecule has 0 bridgehead atoms. The largest absolute Gasteiger partial charge is 0.456 e. The fraction of sp³-hybridized carbons (Fsp3) is 0.0426. The Bertz CT molecular complexity index is 3030. The molecule has 0 aliphatic heterocycles. The molecule has 0 radical (unpaired) electrons. The Kier molecular flexibility index (Phi) is 5.96. The number of fused-ring (bicyclic) bond motifs is 9. The second kappa shape index (κ2) is 10.8. The van der Waals surface area contributed by atoms with Gasteiger partial charge in [0.2, 0.25) is 0 Å². The van der Waals surface area contributed by atoms with Crippen LogP contribution in [-0.2, 0) is 6.42 Å². The van der Waals surface area contributed by atoms with Crippen molar-refractivity contribution in [3.05, 3.63) is 169 Å². The quantitative estimate of drug-likeness (QED) is 0.190. The van der Waals surface area contributed by atoms with Gasteiger partial charge in [0, 0.05) is 49.7 Å². The summed E-state index contributed by atoms with van der Waals surface area (Å²) in [4.78, 5) is 5.00. The molecule has 4 aromatic heterocycles. The van der Waals surface area contributed by atoms with Gasteiger partial charge in [0.1, 0.15) is 11.2 Å². The van der Waals surface area contributed by atoms with Crippen LogP contribution in [0.2, 0.25) is 0 Å². The maximum atomic E-state index is 6.36. The maximum Gasteiger partial charge on any atom is 0.135 e. The van der Waals surface area contributed by atoms with E-state index in [1.54, 1.807) is 0 Å². The van der Waals surface area contributed by atoms with Gasteiger partial charge in [-0.25, -0.2) is 0 Å². The maximum absolute atomic E-state index is 6.36. The Morgan fingerprint density at radius 1 is 0.588 bits per heavy atom. The average Bonchev–Trinajstić information content (AvgIpc) is 3.85. The summed E-state index contributed by atoms with van der Waals surface area (Å²) in [7, 11) is 0. The number of aromatic nitrogens is 3. The van der Waals surface area contributed by atoms with Crippen LogP contribution >= 0.6 is 0 Å². The van der Waals surface area contributed by atoms with E-state index < -0.39 is 0 Å². The molecule has 4 heterocycles. The Morgan fingerprint density at radius 3 is 2.27 bits per heavy atom. The monoisotopic (exact) mass is 651 g/mol. The Labute approximate surface area is 294 Å². The third-order valence-corrected chi connectivity index (χ3v) is 10.5. The van der Waals surface area contributed by atoms with Crippen LogP contribution in [0.5, 0.6) is 0 Å². The van der Waals surface area contributed by atoms with Crippen LogP contribution in [0.3, 0.4) is 0 Å². The van der Waals surface area contributed by atoms with Crippen molar-refractivity contribution in [3.63, 3.8) is 0 Å². The van der Waals surface area contributed by atoms with Crippen molar-refractivity contribution in [1.29, 1.82) is 0 Å². The van der Waals surface area contributed by atoms with E-state index in [-0.39, 0.29) is 0 Å². The molecule has 1 aliphatic carbocycles. The lowest BCUT2D eigenvalue weighted by Gasteiger charge is -2.14. The summed E-state index contributed by atoms with van der Waals surface area (Å²) >= 11 is 0. The number of para-hydroxylation sites is 2. The van der Waals surface area contributed by atoms with Crippen molar-refractivity contribution in [2.45, 2.75) is 12.8 Å². The molecule has 10 aromatic rings. The molecule has 0 saturated carbocycles. The molecule has 0 amide bonds. The Balaban J connectivity index is 1.03. The van der Waals surface area contributed by atoms with Crippen LogP contribution in [0.15, 0.2) is 150 Å². The van der Waals surface area contributed by atoms with Crippen LogP contribution < -0.4 is 0 Å². The van der Waals surface area contributed by atoms with Gasteiger partial charge < -0.3 is 13.6 Å². The zero-order chi connectivity index (χ0) is 33.5. The number of rotatable bonds is 4. The molecule has 238 valence electrons. The summed E-state index contributed by atoms with van der Waals surface area (Å²) in [6.45, 7) is 0. The lowest BCUT2D eigenvalue weighted by atomic mass is 10.0. The molecule has 4 nitrogen and oxygen atoms in total. The van der Waals surface area contributed by atoms with Gasteiger partial charge in [-0.05, 0) is 103 Å². The fourth-order valence-electron chi connectivity index (χ4n) is 8.15. The van der Waals surface area contributed by atoms with E-state index in [2.05, 4.69) is 155 Å². The highest BCUT2D eigenvalue weighted by atomic mass is 16.3. The van der Waals surface area contributed by atoms with Crippen LogP contribution in [0.1, 0.15) is 17.7 Å². The standard InChI is InChI=1S/C47H29N3O/c1-2-12-33(13-3-1)49-44-20-9-6-17-37(44)38-28-41(48-29-45(38)49)32-22-24-47-40(27-32)39-26-31(21-23-46(39)51-47)30-11-10-14-34(25-30)50-42-18-7-4-15-35(42)36-16-5-8-19-43(36)50/h1-5,7,9-16,18,20-29H,8,19H2. The van der Waals surface area contributed by atoms with Gasteiger partial charge in [-0.3, -0.25) is 4.98 Å². The van der Waals surface area contributed by atoms with Crippen LogP contribution in [0.4, 0.5) is 0 Å². The summed E-state index contributed by atoms with van der Waals surface area (Å²) < 4.78 is 11.1. The van der Waals surface area contributed by atoms with Gasteiger partial charge in [-0.15, -0.1) is 0 Å². The highest BCUT2D eigenvalue weighted by Crippen LogP contribution is 2.38. The van der Waals surface area contributed by atoms with E-state index in [0.29, 0.717) is 0 Å². The minimum Gasteiger partial charge on any atom is -0.456 e. The molecule has 51 heavy (non-hydrogen) atoms. The van der Waals surface area contributed by atoms with Crippen LogP contribution in [-0.4, -0.2) is 14.1 Å². The van der Waals surface area contributed by atoms with Crippen LogP contribution in [0.25, 0.3) is 94.5 Å². The second-order valence-electron chi connectivity index (χ2n) is 13.3. The lowest BCUT2D eigenvalue weighted by molar-refractivity contribution is 0.669. The highest BCUT2D eigenvalue weighted by Gasteiger charge is 2.19. The molecule has 1 aliphatic rings. The third-order valence-electron chi connectivity index (χ3n) is 10.5. The molecule has 0 atom stereocenters. The first-order valence-electron chi connectivity index (χ1n) is 17.4. The van der Waals surface area contributed by atoms with Crippen molar-refractivity contribution in [2.24, 2.45) is 0 Å². The first-order valence-corrected chi connectivity index (χ1v) is 17.4. The first-order chi connectivity index (χ1) is 25.3. The fourth-order valence-corrected chi connectivity index (χ4v) is 8.15. The van der Waals surface area contributed by atoms with Gasteiger partial charge in [-0.1, -0.05) is 78.9 Å². The number of hydrogen-bond donors (Lipinski definition) is 0. The van der Waals surface area contributed by atoms with Gasteiger partial charge in [-0.2, -0.15) is 0 Å². The van der Waals surface area contributed by atoms with E-state index in [9.17, 15) is 0 Å². The van der Waals surface area contributed by atoms with Gasteiger partial charge in [0.25, 0.3) is 0 Å². The topological polar surface area (TPSA) is 35.9 Å². The number of nitrogens with zero attached hydrogens (tertiary/aromatic N) is 3. The Hall–Kier alpha value is -6.83. The molecular formula is C47H29N3O. The molecule has 0 unspecified atom stereocenters. The molecule has 4 heteroatoms. The molecular weight excluding hydrogens is 623 g/mol. The van der Waals surface area contributed by atoms with Gasteiger partial charge in [0.15, 0.2) is 0 Å². The highest BCUT2D eigenvalue weighted by molar-refractivity contribution is 6.10. The van der Waals surface area contributed by atoms with Gasteiger partial charge >= 0.3 is 0 Å². The summed E-state index contributed by atoms with van der Waals surface area (Å²) in [6.07, 6.45) is 8.67. The van der Waals surface area contributed by atoms with Crippen molar-refractivity contribution in [1.82, 2.24) is 14.1 Å². The summed E-state index contributed by atoms with van der Waals surface area (Å²) in [5.74, 6) is 0. The molecule has 0 N–H and O–H groups in total. The van der Waals surface area contributed by atoms with Crippen molar-refractivity contribution in [2.75, 3.05) is 0 Å². The minimum atomic E-state index is 0.864. The van der Waals surface area contributed by atoms with E-state index in [1.165, 1.54) is 33.4 Å². The van der Waals surface area contributed by atoms with E-state index in [1.807, 2.05) is 18.3 Å². The number of pyridine rings is 1. The normalized spacial score (nSPS) is 12.7. The van der Waals surface area contributed by atoms with Crippen molar-refractivity contribution in [3.8, 4) is 33.8 Å². The lowest BCUT2D eigenvalue weighted by Crippen LogP contribution is -2.03. The second-order valence-corrected chi connectivity index (χ2v) is 13.3. The molecule has 11 rings (SSSR count). The van der Waals surface area contributed by atoms with Crippen LogP contribution in [0, 0.1) is 12.1 Å². The van der Waals surface area contributed by atoms with E-state index in [4.69, 9.17) is 9.40 Å². The third kappa shape index (κ3) is 4.25. The number of furan rings is 1. The molecule has 0 saturated heterocycles. The minimum absolute atomic E-state index is 0.864. The predicted molar refractivity (Wildman–Crippen MR) is 209 cm³/mol. The summed E-state index contributed by atoms with van der Waals surface area (Å²) in [5, 5.41) is 5.61. The number of hydrogen-bond acceptors (Lipinski definition) is 2. The van der Waals surface area contributed by atoms with Crippen molar-refractivity contribution >= 4 is 60.7 Å². The first kappa shape index (κ1) is 28.1. The molecule has 0 fully saturated rings. The predicted octanol–water partition coefficient (Wildman–Crippen LogP) is 11.9. The molecule has 6 aromatic carbocycles. The van der Waals surface area contributed by atoms with E-state index in [0.717, 1.165) is 79.1 Å². The van der Waals surface area contributed by atoms with E-state index >= 15 is 0 Å². The number of allylic oxidation sites excluding steroid dienone is 1. The average molecular weight is 652 g/mol. The zero-order valence-corrected chi connectivity index (χ0v) is 27.6. The smallest absolute Gasteiger partial charge is 0.135 e. The number of benzene rings is 5. The zero-order valence-electron chi connectivity index (χ0n) is 27.6. The summed E-state index contributed by atoms with van der Waals surface area (Å²) in [6, 6.07) is 53.8. The van der Waals surface area contributed by atoms with Gasteiger partial charge in [0.05, 0.1) is 33.8 Å².